The van der Waals surface area contributed by atoms with Gasteiger partial charge in [-0.25, -0.2) is 8.42 Å². The van der Waals surface area contributed by atoms with Gasteiger partial charge in [0.25, 0.3) is 10.0 Å². The van der Waals surface area contributed by atoms with Gasteiger partial charge in [0.1, 0.15) is 0 Å². The van der Waals surface area contributed by atoms with Gasteiger partial charge in [-0.05, 0) is 24.6 Å². The highest BCUT2D eigenvalue weighted by molar-refractivity contribution is 7.89. The summed E-state index contributed by atoms with van der Waals surface area (Å²) < 4.78 is 32.0. The van der Waals surface area contributed by atoms with E-state index in [2.05, 4.69) is 4.90 Å². The van der Waals surface area contributed by atoms with E-state index < -0.39 is 10.0 Å². The smallest absolute Gasteiger partial charge is 0.264 e. The number of sulfonamides is 1. The maximum Gasteiger partial charge on any atom is 0.264 e. The summed E-state index contributed by atoms with van der Waals surface area (Å²) in [5.41, 5.74) is 2.67. The Morgan fingerprint density at radius 1 is 1.24 bits per heavy atom. The van der Waals surface area contributed by atoms with Crippen molar-refractivity contribution in [3.05, 3.63) is 35.0 Å². The molecule has 0 aromatic heterocycles. The SMILES string of the molecule is Cc1ccc2c(c1)C=C(CN1CCOCC1)N(C)S2(=O)=O. The molecule has 0 spiro atoms. The molecule has 1 fully saturated rings. The van der Waals surface area contributed by atoms with Crippen molar-refractivity contribution in [2.75, 3.05) is 39.9 Å². The lowest BCUT2D eigenvalue weighted by Crippen LogP contribution is -2.41. The molecule has 0 aliphatic carbocycles. The van der Waals surface area contributed by atoms with Crippen LogP contribution < -0.4 is 0 Å². The van der Waals surface area contributed by atoms with Crippen LogP contribution in [0, 0.1) is 6.92 Å². The predicted molar refractivity (Wildman–Crippen MR) is 81.4 cm³/mol. The van der Waals surface area contributed by atoms with Gasteiger partial charge in [0, 0.05) is 32.4 Å². The van der Waals surface area contributed by atoms with Gasteiger partial charge in [0.05, 0.1) is 18.1 Å². The van der Waals surface area contributed by atoms with Crippen LogP contribution in [0.15, 0.2) is 28.8 Å². The molecule has 114 valence electrons. The van der Waals surface area contributed by atoms with Crippen LogP contribution in [0.3, 0.4) is 0 Å². The van der Waals surface area contributed by atoms with Crippen LogP contribution in [0.1, 0.15) is 11.1 Å². The second-order valence-corrected chi connectivity index (χ2v) is 7.48. The average molecular weight is 308 g/mol. The lowest BCUT2D eigenvalue weighted by molar-refractivity contribution is 0.0409. The van der Waals surface area contributed by atoms with Crippen molar-refractivity contribution in [2.45, 2.75) is 11.8 Å². The molecule has 1 saturated heterocycles. The molecule has 0 radical (unpaired) electrons. The van der Waals surface area contributed by atoms with Crippen LogP contribution in [0.4, 0.5) is 0 Å². The first-order valence-corrected chi connectivity index (χ1v) is 8.53. The molecule has 1 aromatic carbocycles. The Morgan fingerprint density at radius 3 is 2.67 bits per heavy atom. The van der Waals surface area contributed by atoms with Crippen molar-refractivity contribution in [1.29, 1.82) is 0 Å². The summed E-state index contributed by atoms with van der Waals surface area (Å²) in [7, 11) is -1.80. The maximum atomic E-state index is 12.6. The van der Waals surface area contributed by atoms with Gasteiger partial charge in [-0.15, -0.1) is 0 Å². The van der Waals surface area contributed by atoms with Gasteiger partial charge in [-0.2, -0.15) is 0 Å². The van der Waals surface area contributed by atoms with E-state index in [-0.39, 0.29) is 0 Å². The van der Waals surface area contributed by atoms with Crippen molar-refractivity contribution >= 4 is 16.1 Å². The molecule has 0 bridgehead atoms. The highest BCUT2D eigenvalue weighted by Crippen LogP contribution is 2.30. The highest BCUT2D eigenvalue weighted by Gasteiger charge is 2.30. The molecule has 0 saturated carbocycles. The maximum absolute atomic E-state index is 12.6. The quantitative estimate of drug-likeness (QED) is 0.826. The number of rotatable bonds is 2. The predicted octanol–water partition coefficient (Wildman–Crippen LogP) is 1.30. The van der Waals surface area contributed by atoms with Crippen LogP contribution in [0.2, 0.25) is 0 Å². The summed E-state index contributed by atoms with van der Waals surface area (Å²) in [6, 6.07) is 5.46. The van der Waals surface area contributed by atoms with E-state index in [4.69, 9.17) is 4.74 Å². The minimum atomic E-state index is -3.43. The Labute approximate surface area is 125 Å². The Balaban J connectivity index is 1.96. The van der Waals surface area contributed by atoms with Crippen LogP contribution >= 0.6 is 0 Å². The standard InChI is InChI=1S/C15H20N2O3S/c1-12-3-4-15-13(9-12)10-14(16(2)21(15,18)19)11-17-5-7-20-8-6-17/h3-4,9-10H,5-8,11H2,1-2H3. The normalized spacial score (nSPS) is 21.8. The van der Waals surface area contributed by atoms with Crippen LogP contribution in [0.25, 0.3) is 6.08 Å². The molecule has 1 aromatic rings. The number of nitrogens with zero attached hydrogens (tertiary/aromatic N) is 2. The second kappa shape index (κ2) is 5.44. The van der Waals surface area contributed by atoms with E-state index in [1.165, 1.54) is 4.31 Å². The fraction of sp³-hybridized carbons (Fsp3) is 0.467. The Kier molecular flexibility index (Phi) is 3.77. The first kappa shape index (κ1) is 14.6. The number of morpholine rings is 1. The number of aryl methyl sites for hydroxylation is 1. The molecule has 0 atom stereocenters. The van der Waals surface area contributed by atoms with Gasteiger partial charge in [-0.1, -0.05) is 17.7 Å². The molecular formula is C15H20N2O3S. The van der Waals surface area contributed by atoms with E-state index in [1.807, 2.05) is 25.1 Å². The first-order valence-electron chi connectivity index (χ1n) is 7.09. The van der Waals surface area contributed by atoms with Gasteiger partial charge in [-0.3, -0.25) is 9.21 Å². The molecule has 2 aliphatic rings. The monoisotopic (exact) mass is 308 g/mol. The highest BCUT2D eigenvalue weighted by atomic mass is 32.2. The molecule has 6 heteroatoms. The van der Waals surface area contributed by atoms with E-state index in [9.17, 15) is 8.42 Å². The van der Waals surface area contributed by atoms with Crippen molar-refractivity contribution < 1.29 is 13.2 Å². The van der Waals surface area contributed by atoms with Crippen molar-refractivity contribution in [2.24, 2.45) is 0 Å². The van der Waals surface area contributed by atoms with Crippen molar-refractivity contribution in [3.8, 4) is 0 Å². The van der Waals surface area contributed by atoms with E-state index in [1.54, 1.807) is 13.1 Å². The molecular weight excluding hydrogens is 288 g/mol. The lowest BCUT2D eigenvalue weighted by Gasteiger charge is -2.33. The zero-order valence-electron chi connectivity index (χ0n) is 12.4. The minimum Gasteiger partial charge on any atom is -0.379 e. The number of ether oxygens (including phenoxy) is 1. The Hall–Kier alpha value is -1.37. The van der Waals surface area contributed by atoms with Crippen molar-refractivity contribution in [1.82, 2.24) is 9.21 Å². The largest absolute Gasteiger partial charge is 0.379 e. The zero-order valence-corrected chi connectivity index (χ0v) is 13.2. The molecule has 21 heavy (non-hydrogen) atoms. The summed E-state index contributed by atoms with van der Waals surface area (Å²) in [6.45, 7) is 5.70. The fourth-order valence-electron chi connectivity index (χ4n) is 2.72. The van der Waals surface area contributed by atoms with E-state index >= 15 is 0 Å². The number of benzene rings is 1. The van der Waals surface area contributed by atoms with Gasteiger partial charge < -0.3 is 4.74 Å². The van der Waals surface area contributed by atoms with Crippen LogP contribution in [-0.4, -0.2) is 57.5 Å². The average Bonchev–Trinajstić information content (AvgIpc) is 2.45. The summed E-state index contributed by atoms with van der Waals surface area (Å²) in [5.74, 6) is 0. The summed E-state index contributed by atoms with van der Waals surface area (Å²) in [6.07, 6.45) is 1.98. The number of hydrogen-bond acceptors (Lipinski definition) is 4. The third kappa shape index (κ3) is 2.71. The number of likely N-dealkylation sites (N-methyl/N-ethyl adjacent to an activating group) is 1. The van der Waals surface area contributed by atoms with Crippen LogP contribution in [-0.2, 0) is 14.8 Å². The number of hydrogen-bond donors (Lipinski definition) is 0. The first-order chi connectivity index (χ1) is 9.98. The van der Waals surface area contributed by atoms with Gasteiger partial charge in [0.15, 0.2) is 0 Å². The Bertz CT molecular complexity index is 676. The minimum absolute atomic E-state index is 0.390. The molecule has 2 heterocycles. The van der Waals surface area contributed by atoms with Gasteiger partial charge >= 0.3 is 0 Å². The third-order valence-electron chi connectivity index (χ3n) is 4.02. The Morgan fingerprint density at radius 2 is 1.95 bits per heavy atom. The molecule has 0 N–H and O–H groups in total. The zero-order chi connectivity index (χ0) is 15.0. The van der Waals surface area contributed by atoms with Crippen molar-refractivity contribution in [3.63, 3.8) is 0 Å². The lowest BCUT2D eigenvalue weighted by atomic mass is 10.1. The third-order valence-corrected chi connectivity index (χ3v) is 5.90. The van der Waals surface area contributed by atoms with E-state index in [0.29, 0.717) is 24.7 Å². The second-order valence-electron chi connectivity index (χ2n) is 5.54. The topological polar surface area (TPSA) is 49.9 Å². The van der Waals surface area contributed by atoms with Gasteiger partial charge in [0.2, 0.25) is 0 Å². The fourth-order valence-corrected chi connectivity index (χ4v) is 4.09. The molecule has 5 nitrogen and oxygen atoms in total. The van der Waals surface area contributed by atoms with E-state index in [0.717, 1.165) is 29.9 Å². The summed E-state index contributed by atoms with van der Waals surface area (Å²) in [5, 5.41) is 0. The molecule has 2 aliphatic heterocycles. The molecule has 0 amide bonds. The molecule has 0 unspecified atom stereocenters. The summed E-state index contributed by atoms with van der Waals surface area (Å²) in [4.78, 5) is 2.61. The van der Waals surface area contributed by atoms with Crippen LogP contribution in [0.5, 0.6) is 0 Å². The summed E-state index contributed by atoms with van der Waals surface area (Å²) >= 11 is 0. The molecule has 3 rings (SSSR count). The number of fused-ring (bicyclic) bond motifs is 1.